The molecule has 0 spiro atoms. The molecule has 4 nitrogen and oxygen atoms in total. The van der Waals surface area contributed by atoms with E-state index in [1.807, 2.05) is 42.8 Å². The first-order chi connectivity index (χ1) is 7.59. The highest BCUT2D eigenvalue weighted by Gasteiger charge is 2.15. The fourth-order valence-electron chi connectivity index (χ4n) is 1.78. The van der Waals surface area contributed by atoms with Gasteiger partial charge in [-0.15, -0.1) is 0 Å². The highest BCUT2D eigenvalue weighted by Crippen LogP contribution is 2.15. The van der Waals surface area contributed by atoms with Gasteiger partial charge in [-0.05, 0) is 19.1 Å². The van der Waals surface area contributed by atoms with Gasteiger partial charge in [0.2, 0.25) is 0 Å². The molecule has 1 aromatic carbocycles. The summed E-state index contributed by atoms with van der Waals surface area (Å²) in [5, 5.41) is 0. The van der Waals surface area contributed by atoms with Crippen LogP contribution in [0.15, 0.2) is 24.3 Å². The van der Waals surface area contributed by atoms with E-state index in [9.17, 15) is 4.79 Å². The van der Waals surface area contributed by atoms with Crippen molar-refractivity contribution in [3.05, 3.63) is 30.1 Å². The molecule has 0 aliphatic carbocycles. The molecular formula is C12H15N3O. The molecule has 1 aromatic heterocycles. The van der Waals surface area contributed by atoms with Crippen molar-refractivity contribution in [2.45, 2.75) is 19.4 Å². The average molecular weight is 217 g/mol. The first-order valence-corrected chi connectivity index (χ1v) is 5.30. The molecule has 4 heteroatoms. The van der Waals surface area contributed by atoms with E-state index >= 15 is 0 Å². The lowest BCUT2D eigenvalue weighted by Crippen LogP contribution is -2.21. The molecule has 16 heavy (non-hydrogen) atoms. The molecule has 0 amide bonds. The van der Waals surface area contributed by atoms with Gasteiger partial charge in [-0.2, -0.15) is 0 Å². The number of nitrogens with zero attached hydrogens (tertiary/aromatic N) is 2. The molecule has 0 aliphatic rings. The van der Waals surface area contributed by atoms with Crippen molar-refractivity contribution in [2.24, 2.45) is 12.8 Å². The van der Waals surface area contributed by atoms with Crippen LogP contribution in [0.25, 0.3) is 11.0 Å². The minimum atomic E-state index is -0.132. The Morgan fingerprint density at radius 1 is 1.50 bits per heavy atom. The smallest absolute Gasteiger partial charge is 0.199 e. The topological polar surface area (TPSA) is 60.9 Å². The van der Waals surface area contributed by atoms with Crippen LogP contribution >= 0.6 is 0 Å². The lowest BCUT2D eigenvalue weighted by molar-refractivity contribution is 0.0964. The van der Waals surface area contributed by atoms with Crippen LogP contribution in [0.1, 0.15) is 24.0 Å². The van der Waals surface area contributed by atoms with E-state index in [1.54, 1.807) is 0 Å². The Balaban J connectivity index is 2.45. The van der Waals surface area contributed by atoms with Gasteiger partial charge in [0.1, 0.15) is 0 Å². The van der Waals surface area contributed by atoms with E-state index in [4.69, 9.17) is 5.73 Å². The summed E-state index contributed by atoms with van der Waals surface area (Å²) in [5.41, 5.74) is 7.43. The Kier molecular flexibility index (Phi) is 2.75. The minimum Gasteiger partial charge on any atom is -0.328 e. The Bertz CT molecular complexity index is 528. The molecule has 0 radical (unpaired) electrons. The number of hydrogen-bond acceptors (Lipinski definition) is 3. The maximum atomic E-state index is 11.9. The molecule has 0 aliphatic heterocycles. The largest absolute Gasteiger partial charge is 0.328 e. The van der Waals surface area contributed by atoms with Crippen molar-refractivity contribution >= 4 is 16.8 Å². The van der Waals surface area contributed by atoms with Gasteiger partial charge < -0.3 is 10.3 Å². The predicted octanol–water partition coefficient (Wildman–Crippen LogP) is 1.49. The Morgan fingerprint density at radius 3 is 2.81 bits per heavy atom. The molecule has 2 N–H and O–H groups in total. The fourth-order valence-corrected chi connectivity index (χ4v) is 1.78. The third kappa shape index (κ3) is 1.84. The van der Waals surface area contributed by atoms with Gasteiger partial charge in [-0.25, -0.2) is 4.98 Å². The van der Waals surface area contributed by atoms with Crippen LogP contribution in [0.2, 0.25) is 0 Å². The second-order valence-electron chi connectivity index (χ2n) is 4.09. The van der Waals surface area contributed by atoms with E-state index in [0.29, 0.717) is 12.2 Å². The zero-order chi connectivity index (χ0) is 11.7. The van der Waals surface area contributed by atoms with Crippen LogP contribution in [-0.4, -0.2) is 21.4 Å². The molecule has 0 saturated heterocycles. The number of rotatable bonds is 3. The summed E-state index contributed by atoms with van der Waals surface area (Å²) in [6.07, 6.45) is 0.331. The highest BCUT2D eigenvalue weighted by atomic mass is 16.1. The van der Waals surface area contributed by atoms with Crippen molar-refractivity contribution in [3.63, 3.8) is 0 Å². The van der Waals surface area contributed by atoms with Gasteiger partial charge in [0.05, 0.1) is 11.0 Å². The summed E-state index contributed by atoms with van der Waals surface area (Å²) in [4.78, 5) is 16.2. The van der Waals surface area contributed by atoms with Crippen LogP contribution in [0.5, 0.6) is 0 Å². The van der Waals surface area contributed by atoms with Crippen LogP contribution < -0.4 is 5.73 Å². The number of hydrogen-bond donors (Lipinski definition) is 1. The number of carbonyl (C=O) groups excluding carboxylic acids is 1. The van der Waals surface area contributed by atoms with Crippen LogP contribution in [0, 0.1) is 0 Å². The van der Waals surface area contributed by atoms with Crippen molar-refractivity contribution < 1.29 is 4.79 Å². The molecule has 2 aromatic rings. The van der Waals surface area contributed by atoms with E-state index in [0.717, 1.165) is 11.0 Å². The maximum Gasteiger partial charge on any atom is 0.199 e. The van der Waals surface area contributed by atoms with Gasteiger partial charge in [0.15, 0.2) is 11.6 Å². The lowest BCUT2D eigenvalue weighted by atomic mass is 10.2. The van der Waals surface area contributed by atoms with E-state index in [2.05, 4.69) is 4.98 Å². The second kappa shape index (κ2) is 4.06. The maximum absolute atomic E-state index is 11.9. The number of nitrogens with two attached hydrogens (primary N) is 1. The second-order valence-corrected chi connectivity index (χ2v) is 4.09. The van der Waals surface area contributed by atoms with Crippen LogP contribution in [0.3, 0.4) is 0 Å². The van der Waals surface area contributed by atoms with Crippen molar-refractivity contribution in [2.75, 3.05) is 0 Å². The quantitative estimate of drug-likeness (QED) is 0.792. The normalized spacial score (nSPS) is 12.9. The number of aromatic nitrogens is 2. The van der Waals surface area contributed by atoms with Gasteiger partial charge in [0, 0.05) is 19.5 Å². The molecule has 1 heterocycles. The van der Waals surface area contributed by atoms with Gasteiger partial charge >= 0.3 is 0 Å². The zero-order valence-corrected chi connectivity index (χ0v) is 9.47. The Morgan fingerprint density at radius 2 is 2.19 bits per heavy atom. The number of ketones is 1. The standard InChI is InChI=1S/C12H15N3O/c1-8(13)7-11(16)12-14-9-5-3-4-6-10(9)15(12)2/h3-6,8H,7,13H2,1-2H3. The van der Waals surface area contributed by atoms with Crippen molar-refractivity contribution in [1.82, 2.24) is 9.55 Å². The molecule has 1 atom stereocenters. The fraction of sp³-hybridized carbons (Fsp3) is 0.333. The summed E-state index contributed by atoms with van der Waals surface area (Å²) in [6, 6.07) is 7.56. The molecule has 84 valence electrons. The van der Waals surface area contributed by atoms with Gasteiger partial charge in [0.25, 0.3) is 0 Å². The molecule has 0 bridgehead atoms. The molecule has 2 rings (SSSR count). The SMILES string of the molecule is CC(N)CC(=O)c1nc2ccccc2n1C. The summed E-state index contributed by atoms with van der Waals surface area (Å²) < 4.78 is 1.82. The third-order valence-corrected chi connectivity index (χ3v) is 2.54. The lowest BCUT2D eigenvalue weighted by Gasteiger charge is -2.03. The first-order valence-electron chi connectivity index (χ1n) is 5.30. The third-order valence-electron chi connectivity index (χ3n) is 2.54. The number of benzene rings is 1. The van der Waals surface area contributed by atoms with Gasteiger partial charge in [-0.3, -0.25) is 4.79 Å². The summed E-state index contributed by atoms with van der Waals surface area (Å²) in [7, 11) is 1.85. The average Bonchev–Trinajstić information content (AvgIpc) is 2.56. The van der Waals surface area contributed by atoms with Crippen molar-refractivity contribution in [1.29, 1.82) is 0 Å². The van der Waals surface area contributed by atoms with Crippen LogP contribution in [0.4, 0.5) is 0 Å². The predicted molar refractivity (Wildman–Crippen MR) is 63.3 cm³/mol. The number of aryl methyl sites for hydroxylation is 1. The van der Waals surface area contributed by atoms with E-state index < -0.39 is 0 Å². The number of Topliss-reactive ketones (excluding diaryl/α,β-unsaturated/α-hetero) is 1. The van der Waals surface area contributed by atoms with Gasteiger partial charge in [-0.1, -0.05) is 12.1 Å². The van der Waals surface area contributed by atoms with Crippen molar-refractivity contribution in [3.8, 4) is 0 Å². The van der Waals surface area contributed by atoms with Crippen LogP contribution in [-0.2, 0) is 7.05 Å². The Hall–Kier alpha value is -1.68. The molecule has 1 unspecified atom stereocenters. The zero-order valence-electron chi connectivity index (χ0n) is 9.47. The Labute approximate surface area is 94.1 Å². The molecule has 0 saturated carbocycles. The summed E-state index contributed by atoms with van der Waals surface area (Å²) in [6.45, 7) is 1.82. The number of para-hydroxylation sites is 2. The number of imidazole rings is 1. The summed E-state index contributed by atoms with van der Waals surface area (Å²) >= 11 is 0. The first kappa shape index (κ1) is 10.8. The molecule has 0 fully saturated rings. The number of carbonyl (C=O) groups is 1. The molecular weight excluding hydrogens is 202 g/mol. The van der Waals surface area contributed by atoms with E-state index in [1.165, 1.54) is 0 Å². The highest BCUT2D eigenvalue weighted by molar-refractivity contribution is 5.96. The minimum absolute atomic E-state index is 0.00583. The van der Waals surface area contributed by atoms with E-state index in [-0.39, 0.29) is 11.8 Å². The number of fused-ring (bicyclic) bond motifs is 1. The monoisotopic (exact) mass is 217 g/mol. The summed E-state index contributed by atoms with van der Waals surface area (Å²) in [5.74, 6) is 0.479.